The standard InChI is InChI=1S/C16H25N3O/c1-13(17)18(2)16(20)15(14-9-5-3-6-10-14)19-11-7-4-8-12-19/h3,5-6,9-10,13,15H,4,7-8,11-12,17H2,1-2H3/t13-,15+/m0/s1. The van der Waals surface area contributed by atoms with Gasteiger partial charge in [0.15, 0.2) is 0 Å². The van der Waals surface area contributed by atoms with Crippen LogP contribution in [0.15, 0.2) is 30.3 Å². The Morgan fingerprint density at radius 2 is 1.80 bits per heavy atom. The van der Waals surface area contributed by atoms with Gasteiger partial charge < -0.3 is 10.6 Å². The van der Waals surface area contributed by atoms with Gasteiger partial charge in [0.25, 0.3) is 0 Å². The van der Waals surface area contributed by atoms with E-state index in [1.807, 2.05) is 37.3 Å². The Morgan fingerprint density at radius 3 is 2.35 bits per heavy atom. The molecule has 0 bridgehead atoms. The molecule has 20 heavy (non-hydrogen) atoms. The Hall–Kier alpha value is -1.39. The lowest BCUT2D eigenvalue weighted by Crippen LogP contribution is -2.48. The molecule has 1 heterocycles. The molecule has 0 radical (unpaired) electrons. The molecule has 2 N–H and O–H groups in total. The monoisotopic (exact) mass is 275 g/mol. The van der Waals surface area contributed by atoms with Gasteiger partial charge in [0.05, 0.1) is 6.17 Å². The van der Waals surface area contributed by atoms with Crippen molar-refractivity contribution in [2.75, 3.05) is 20.1 Å². The van der Waals surface area contributed by atoms with E-state index in [9.17, 15) is 4.79 Å². The summed E-state index contributed by atoms with van der Waals surface area (Å²) in [4.78, 5) is 16.7. The van der Waals surface area contributed by atoms with E-state index >= 15 is 0 Å². The second-order valence-corrected chi connectivity index (χ2v) is 5.60. The number of hydrogen-bond acceptors (Lipinski definition) is 3. The van der Waals surface area contributed by atoms with Gasteiger partial charge in [0, 0.05) is 7.05 Å². The average Bonchev–Trinajstić information content (AvgIpc) is 2.48. The number of hydrogen-bond donors (Lipinski definition) is 1. The number of likely N-dealkylation sites (N-methyl/N-ethyl adjacent to an activating group) is 1. The van der Waals surface area contributed by atoms with Gasteiger partial charge in [-0.25, -0.2) is 0 Å². The Morgan fingerprint density at radius 1 is 1.20 bits per heavy atom. The number of amides is 1. The van der Waals surface area contributed by atoms with Crippen molar-refractivity contribution in [3.63, 3.8) is 0 Å². The van der Waals surface area contributed by atoms with Gasteiger partial charge in [-0.05, 0) is 38.4 Å². The number of benzene rings is 1. The van der Waals surface area contributed by atoms with Gasteiger partial charge in [0.2, 0.25) is 5.91 Å². The lowest BCUT2D eigenvalue weighted by molar-refractivity contribution is -0.138. The minimum atomic E-state index is -0.265. The third-order valence-electron chi connectivity index (χ3n) is 4.06. The Balaban J connectivity index is 2.26. The highest BCUT2D eigenvalue weighted by molar-refractivity contribution is 5.83. The minimum absolute atomic E-state index is 0.0908. The summed E-state index contributed by atoms with van der Waals surface area (Å²) in [5.74, 6) is 0.0908. The molecule has 110 valence electrons. The normalized spacial score (nSPS) is 19.4. The summed E-state index contributed by atoms with van der Waals surface area (Å²) in [7, 11) is 1.78. The third kappa shape index (κ3) is 3.38. The quantitative estimate of drug-likeness (QED) is 0.855. The van der Waals surface area contributed by atoms with Crippen molar-refractivity contribution in [3.8, 4) is 0 Å². The maximum absolute atomic E-state index is 12.8. The average molecular weight is 275 g/mol. The number of rotatable bonds is 4. The first-order valence-corrected chi connectivity index (χ1v) is 7.42. The number of nitrogens with two attached hydrogens (primary N) is 1. The highest BCUT2D eigenvalue weighted by atomic mass is 16.2. The van der Waals surface area contributed by atoms with E-state index in [-0.39, 0.29) is 18.1 Å². The molecule has 1 aliphatic heterocycles. The molecule has 0 aliphatic carbocycles. The maximum Gasteiger partial charge on any atom is 0.245 e. The van der Waals surface area contributed by atoms with Crippen molar-refractivity contribution in [3.05, 3.63) is 35.9 Å². The summed E-state index contributed by atoms with van der Waals surface area (Å²) >= 11 is 0. The summed E-state index contributed by atoms with van der Waals surface area (Å²) in [5, 5.41) is 0. The zero-order valence-electron chi connectivity index (χ0n) is 12.5. The lowest BCUT2D eigenvalue weighted by Gasteiger charge is -2.36. The number of piperidine rings is 1. The molecule has 1 fully saturated rings. The van der Waals surface area contributed by atoms with Crippen LogP contribution in [0.5, 0.6) is 0 Å². The second kappa shape index (κ2) is 6.86. The van der Waals surface area contributed by atoms with Crippen LogP contribution in [0, 0.1) is 0 Å². The van der Waals surface area contributed by atoms with Gasteiger partial charge in [-0.1, -0.05) is 36.8 Å². The van der Waals surface area contributed by atoms with E-state index in [4.69, 9.17) is 5.73 Å². The molecule has 4 nitrogen and oxygen atoms in total. The van der Waals surface area contributed by atoms with E-state index in [1.165, 1.54) is 19.3 Å². The van der Waals surface area contributed by atoms with E-state index in [2.05, 4.69) is 4.90 Å². The van der Waals surface area contributed by atoms with E-state index in [1.54, 1.807) is 11.9 Å². The highest BCUT2D eigenvalue weighted by Gasteiger charge is 2.31. The Labute approximate surface area is 121 Å². The summed E-state index contributed by atoms with van der Waals surface area (Å²) in [6.45, 7) is 3.81. The summed E-state index contributed by atoms with van der Waals surface area (Å²) < 4.78 is 0. The van der Waals surface area contributed by atoms with Crippen LogP contribution in [-0.4, -0.2) is 42.0 Å². The molecule has 1 aromatic rings. The zero-order chi connectivity index (χ0) is 14.5. The summed E-state index contributed by atoms with van der Waals surface area (Å²) in [6.07, 6.45) is 3.32. The molecule has 2 rings (SSSR count). The van der Waals surface area contributed by atoms with E-state index in [0.717, 1.165) is 18.7 Å². The van der Waals surface area contributed by atoms with Gasteiger partial charge in [0.1, 0.15) is 6.04 Å². The van der Waals surface area contributed by atoms with E-state index in [0.29, 0.717) is 0 Å². The maximum atomic E-state index is 12.8. The summed E-state index contributed by atoms with van der Waals surface area (Å²) in [6, 6.07) is 9.83. The predicted octanol–water partition coefficient (Wildman–Crippen LogP) is 1.98. The highest BCUT2D eigenvalue weighted by Crippen LogP contribution is 2.26. The first kappa shape index (κ1) is 15.0. The zero-order valence-corrected chi connectivity index (χ0v) is 12.5. The fourth-order valence-electron chi connectivity index (χ4n) is 2.72. The molecule has 2 atom stereocenters. The molecular weight excluding hydrogens is 250 g/mol. The second-order valence-electron chi connectivity index (χ2n) is 5.60. The molecule has 0 spiro atoms. The van der Waals surface area contributed by atoms with Crippen LogP contribution in [0.1, 0.15) is 37.8 Å². The fraction of sp³-hybridized carbons (Fsp3) is 0.562. The van der Waals surface area contributed by atoms with Crippen molar-refractivity contribution in [1.82, 2.24) is 9.80 Å². The van der Waals surface area contributed by atoms with Crippen molar-refractivity contribution in [2.24, 2.45) is 5.73 Å². The third-order valence-corrected chi connectivity index (χ3v) is 4.06. The molecule has 1 aliphatic rings. The van der Waals surface area contributed by atoms with Crippen LogP contribution in [0.4, 0.5) is 0 Å². The molecule has 1 amide bonds. The molecule has 1 saturated heterocycles. The number of nitrogens with zero attached hydrogens (tertiary/aromatic N) is 2. The van der Waals surface area contributed by atoms with E-state index < -0.39 is 0 Å². The van der Waals surface area contributed by atoms with Crippen molar-refractivity contribution in [1.29, 1.82) is 0 Å². The molecular formula is C16H25N3O. The van der Waals surface area contributed by atoms with Crippen LogP contribution in [0.25, 0.3) is 0 Å². The van der Waals surface area contributed by atoms with Crippen LogP contribution in [-0.2, 0) is 4.79 Å². The van der Waals surface area contributed by atoms with Crippen LogP contribution < -0.4 is 5.73 Å². The lowest BCUT2D eigenvalue weighted by atomic mass is 10.0. The Bertz CT molecular complexity index is 427. The number of likely N-dealkylation sites (tertiary alicyclic amines) is 1. The van der Waals surface area contributed by atoms with Gasteiger partial charge in [-0.2, -0.15) is 0 Å². The van der Waals surface area contributed by atoms with Crippen molar-refractivity contribution < 1.29 is 4.79 Å². The Kier molecular flexibility index (Phi) is 5.15. The molecule has 0 unspecified atom stereocenters. The predicted molar refractivity (Wildman–Crippen MR) is 81.0 cm³/mol. The number of carbonyl (C=O) groups is 1. The molecule has 4 heteroatoms. The minimum Gasteiger partial charge on any atom is -0.329 e. The van der Waals surface area contributed by atoms with Crippen LogP contribution in [0.2, 0.25) is 0 Å². The smallest absolute Gasteiger partial charge is 0.245 e. The van der Waals surface area contributed by atoms with Crippen molar-refractivity contribution >= 4 is 5.91 Å². The van der Waals surface area contributed by atoms with Gasteiger partial charge in [-0.3, -0.25) is 9.69 Å². The fourth-order valence-corrected chi connectivity index (χ4v) is 2.72. The largest absolute Gasteiger partial charge is 0.329 e. The molecule has 1 aromatic carbocycles. The first-order chi connectivity index (χ1) is 9.61. The van der Waals surface area contributed by atoms with Gasteiger partial charge in [-0.15, -0.1) is 0 Å². The van der Waals surface area contributed by atoms with Crippen LogP contribution >= 0.6 is 0 Å². The first-order valence-electron chi connectivity index (χ1n) is 7.42. The SMILES string of the molecule is C[C@@H](N)N(C)C(=O)[C@@H](c1ccccc1)N1CCCCC1. The number of carbonyl (C=O) groups excluding carboxylic acids is 1. The van der Waals surface area contributed by atoms with Crippen LogP contribution in [0.3, 0.4) is 0 Å². The van der Waals surface area contributed by atoms with Crippen molar-refractivity contribution in [2.45, 2.75) is 38.4 Å². The topological polar surface area (TPSA) is 49.6 Å². The molecule has 0 aromatic heterocycles. The molecule has 0 saturated carbocycles. The van der Waals surface area contributed by atoms with Gasteiger partial charge >= 0.3 is 0 Å². The summed E-state index contributed by atoms with van der Waals surface area (Å²) in [5.41, 5.74) is 6.93.